The van der Waals surface area contributed by atoms with Crippen LogP contribution in [-0.4, -0.2) is 75.4 Å². The highest BCUT2D eigenvalue weighted by Gasteiger charge is 2.35. The van der Waals surface area contributed by atoms with Crippen molar-refractivity contribution in [3.63, 3.8) is 0 Å². The summed E-state index contributed by atoms with van der Waals surface area (Å²) >= 11 is 0. The van der Waals surface area contributed by atoms with Gasteiger partial charge in [0.1, 0.15) is 11.8 Å². The van der Waals surface area contributed by atoms with E-state index >= 15 is 0 Å². The minimum absolute atomic E-state index is 0.199. The normalized spacial score (nSPS) is 18.2. The number of aliphatic hydroxyl groups excluding tert-OH is 1. The van der Waals surface area contributed by atoms with E-state index in [1.165, 1.54) is 16.8 Å². The quantitative estimate of drug-likeness (QED) is 0.407. The molecule has 3 aromatic rings. The second kappa shape index (κ2) is 12.5. The third-order valence-electron chi connectivity index (χ3n) is 7.40. The molecular formula is C30H36F3N5O4. The van der Waals surface area contributed by atoms with Crippen molar-refractivity contribution in [3.05, 3.63) is 76.6 Å². The van der Waals surface area contributed by atoms with Gasteiger partial charge in [-0.25, -0.2) is 0 Å². The Morgan fingerprint density at radius 1 is 1.24 bits per heavy atom. The number of hydrogen-bond donors (Lipinski definition) is 2. The highest BCUT2D eigenvalue weighted by atomic mass is 19.4. The van der Waals surface area contributed by atoms with Crippen LogP contribution >= 0.6 is 0 Å². The van der Waals surface area contributed by atoms with Crippen LogP contribution in [0, 0.1) is 12.8 Å². The lowest BCUT2D eigenvalue weighted by atomic mass is 9.98. The van der Waals surface area contributed by atoms with Crippen LogP contribution in [0.3, 0.4) is 0 Å². The predicted octanol–water partition coefficient (Wildman–Crippen LogP) is 4.35. The van der Waals surface area contributed by atoms with Crippen molar-refractivity contribution >= 4 is 17.5 Å². The fourth-order valence-corrected chi connectivity index (χ4v) is 5.05. The van der Waals surface area contributed by atoms with Gasteiger partial charge in [0.2, 0.25) is 0 Å². The molecule has 3 atom stereocenters. The zero-order chi connectivity index (χ0) is 30.8. The first-order valence-electron chi connectivity index (χ1n) is 13.7. The second-order valence-corrected chi connectivity index (χ2v) is 10.9. The summed E-state index contributed by atoms with van der Waals surface area (Å²) in [6.45, 7) is 6.29. The monoisotopic (exact) mass is 587 g/mol. The molecule has 1 aliphatic rings. The van der Waals surface area contributed by atoms with E-state index in [0.29, 0.717) is 42.3 Å². The van der Waals surface area contributed by atoms with Gasteiger partial charge in [0, 0.05) is 32.6 Å². The van der Waals surface area contributed by atoms with Crippen LogP contribution < -0.4 is 10.1 Å². The molecule has 226 valence electrons. The van der Waals surface area contributed by atoms with Gasteiger partial charge in [0.15, 0.2) is 5.75 Å². The Kier molecular flexibility index (Phi) is 9.27. The summed E-state index contributed by atoms with van der Waals surface area (Å²) < 4.78 is 47.0. The molecule has 2 heterocycles. The number of fused-ring (bicyclic) bond motifs is 1. The number of nitrogens with one attached hydrogen (secondary N) is 1. The van der Waals surface area contributed by atoms with Gasteiger partial charge in [-0.05, 0) is 56.8 Å². The number of para-hydroxylation sites is 1. The van der Waals surface area contributed by atoms with E-state index in [0.717, 1.165) is 12.1 Å². The molecule has 0 fully saturated rings. The van der Waals surface area contributed by atoms with E-state index in [9.17, 15) is 27.9 Å². The van der Waals surface area contributed by atoms with Crippen LogP contribution in [0.2, 0.25) is 0 Å². The number of carbonyl (C=O) groups excluding carboxylic acids is 2. The maximum absolute atomic E-state index is 13.7. The summed E-state index contributed by atoms with van der Waals surface area (Å²) in [7, 11) is 3.50. The fourth-order valence-electron chi connectivity index (χ4n) is 5.05. The zero-order valence-electron chi connectivity index (χ0n) is 24.3. The number of amides is 2. The topological polar surface area (TPSA) is 99.9 Å². The van der Waals surface area contributed by atoms with E-state index in [4.69, 9.17) is 4.74 Å². The molecule has 0 saturated heterocycles. The lowest BCUT2D eigenvalue weighted by Gasteiger charge is -2.38. The zero-order valence-corrected chi connectivity index (χ0v) is 24.3. The molecule has 9 nitrogen and oxygen atoms in total. The Morgan fingerprint density at radius 3 is 2.52 bits per heavy atom. The molecule has 0 radical (unpaired) electrons. The average Bonchev–Trinajstić information content (AvgIpc) is 3.28. The van der Waals surface area contributed by atoms with Crippen molar-refractivity contribution in [1.82, 2.24) is 19.6 Å². The number of hydrogen-bond acceptors (Lipinski definition) is 6. The summed E-state index contributed by atoms with van der Waals surface area (Å²) in [5, 5.41) is 17.0. The third-order valence-corrected chi connectivity index (χ3v) is 7.40. The lowest BCUT2D eigenvalue weighted by Crippen LogP contribution is -2.49. The van der Waals surface area contributed by atoms with Crippen molar-refractivity contribution in [2.24, 2.45) is 13.0 Å². The van der Waals surface area contributed by atoms with Gasteiger partial charge in [0.05, 0.1) is 35.2 Å². The molecule has 0 saturated carbocycles. The van der Waals surface area contributed by atoms with Gasteiger partial charge in [-0.3, -0.25) is 19.2 Å². The van der Waals surface area contributed by atoms with Gasteiger partial charge in [-0.2, -0.15) is 18.3 Å². The third kappa shape index (κ3) is 6.93. The Morgan fingerprint density at radius 2 is 1.93 bits per heavy atom. The molecule has 2 amide bonds. The molecule has 2 aromatic carbocycles. The Bertz CT molecular complexity index is 1420. The number of ether oxygens (including phenoxy) is 1. The molecular weight excluding hydrogens is 551 g/mol. The summed E-state index contributed by atoms with van der Waals surface area (Å²) in [6.07, 6.45) is -4.88. The number of alkyl halides is 3. The predicted molar refractivity (Wildman–Crippen MR) is 151 cm³/mol. The number of benzene rings is 2. The number of aliphatic hydroxyl groups is 1. The van der Waals surface area contributed by atoms with Crippen molar-refractivity contribution in [2.45, 2.75) is 45.6 Å². The molecule has 4 rings (SSSR count). The van der Waals surface area contributed by atoms with Crippen LogP contribution in [0.15, 0.2) is 48.5 Å². The average molecular weight is 588 g/mol. The number of likely N-dealkylation sites (N-methyl/N-ethyl adjacent to an activating group) is 1. The van der Waals surface area contributed by atoms with E-state index in [1.807, 2.05) is 18.9 Å². The largest absolute Gasteiger partial charge is 0.486 e. The fraction of sp³-hybridized carbons (Fsp3) is 0.433. The molecule has 42 heavy (non-hydrogen) atoms. The molecule has 0 spiro atoms. The Balaban J connectivity index is 1.64. The number of halogens is 3. The summed E-state index contributed by atoms with van der Waals surface area (Å²) in [4.78, 5) is 30.4. The van der Waals surface area contributed by atoms with Crippen LogP contribution in [0.4, 0.5) is 18.9 Å². The molecule has 0 unspecified atom stereocenters. The van der Waals surface area contributed by atoms with Crippen LogP contribution in [-0.2, 0) is 19.8 Å². The van der Waals surface area contributed by atoms with Gasteiger partial charge < -0.3 is 20.1 Å². The highest BCUT2D eigenvalue weighted by Crippen LogP contribution is 2.35. The minimum atomic E-state index is -4.41. The molecule has 1 aromatic heterocycles. The Hall–Kier alpha value is -3.90. The SMILES string of the molecule is Cc1cc(C(=O)Nc2cccc3c2O[C@H](CN(C)Cc2ccc(C(F)(F)F)cc2)[C@H](C)CN([C@H](C)CO)C3=O)n(C)n1. The standard InChI is InChI=1S/C30H36F3N5O4/c1-18-14-38(20(3)17-39)29(41)23-7-6-8-24(34-28(40)25-13-19(2)35-37(25)5)27(23)42-26(18)16-36(4)15-21-9-11-22(12-10-21)30(31,32)33/h6-13,18,20,26,39H,14-17H2,1-5H3,(H,34,40)/t18-,20-,26-/m1/s1. The van der Waals surface area contributed by atoms with Crippen LogP contribution in [0.25, 0.3) is 0 Å². The van der Waals surface area contributed by atoms with E-state index < -0.39 is 29.8 Å². The lowest BCUT2D eigenvalue weighted by molar-refractivity contribution is -0.137. The number of nitrogens with zero attached hydrogens (tertiary/aromatic N) is 4. The maximum atomic E-state index is 13.7. The second-order valence-electron chi connectivity index (χ2n) is 10.9. The van der Waals surface area contributed by atoms with E-state index in [-0.39, 0.29) is 29.7 Å². The number of rotatable bonds is 8. The number of aromatic nitrogens is 2. The van der Waals surface area contributed by atoms with Gasteiger partial charge in [-0.1, -0.05) is 25.1 Å². The van der Waals surface area contributed by atoms with E-state index in [2.05, 4.69) is 10.4 Å². The molecule has 1 aliphatic heterocycles. The summed E-state index contributed by atoms with van der Waals surface area (Å²) in [6, 6.07) is 11.1. The first kappa shape index (κ1) is 31.0. The highest BCUT2D eigenvalue weighted by molar-refractivity contribution is 6.06. The number of aryl methyl sites for hydroxylation is 2. The summed E-state index contributed by atoms with van der Waals surface area (Å²) in [5.41, 5.74) is 1.56. The van der Waals surface area contributed by atoms with Gasteiger partial charge in [-0.15, -0.1) is 0 Å². The van der Waals surface area contributed by atoms with Crippen molar-refractivity contribution in [3.8, 4) is 5.75 Å². The number of anilines is 1. The van der Waals surface area contributed by atoms with Crippen molar-refractivity contribution in [1.29, 1.82) is 0 Å². The van der Waals surface area contributed by atoms with Crippen LogP contribution in [0.1, 0.15) is 51.5 Å². The first-order valence-corrected chi connectivity index (χ1v) is 13.7. The summed E-state index contributed by atoms with van der Waals surface area (Å²) in [5.74, 6) is -0.740. The van der Waals surface area contributed by atoms with Gasteiger partial charge in [0.25, 0.3) is 11.8 Å². The van der Waals surface area contributed by atoms with Gasteiger partial charge >= 0.3 is 6.18 Å². The first-order chi connectivity index (χ1) is 19.8. The molecule has 0 bridgehead atoms. The smallest absolute Gasteiger partial charge is 0.416 e. The number of carbonyl (C=O) groups is 2. The van der Waals surface area contributed by atoms with Crippen molar-refractivity contribution < 1.29 is 32.6 Å². The Labute approximate surface area is 242 Å². The molecule has 12 heteroatoms. The van der Waals surface area contributed by atoms with E-state index in [1.54, 1.807) is 50.1 Å². The minimum Gasteiger partial charge on any atom is -0.486 e. The molecule has 0 aliphatic carbocycles. The van der Waals surface area contributed by atoms with Crippen LogP contribution in [0.5, 0.6) is 5.75 Å². The van der Waals surface area contributed by atoms with Crippen molar-refractivity contribution in [2.75, 3.05) is 32.1 Å². The molecule has 2 N–H and O–H groups in total. The maximum Gasteiger partial charge on any atom is 0.416 e.